The van der Waals surface area contributed by atoms with Crippen LogP contribution in [0.25, 0.3) is 0 Å². The van der Waals surface area contributed by atoms with Crippen LogP contribution < -0.4 is 10.6 Å². The van der Waals surface area contributed by atoms with E-state index in [0.29, 0.717) is 17.5 Å². The Morgan fingerprint density at radius 3 is 2.46 bits per heavy atom. The molecule has 3 fully saturated rings. The lowest BCUT2D eigenvalue weighted by Crippen LogP contribution is -2.45. The van der Waals surface area contributed by atoms with E-state index in [9.17, 15) is 4.79 Å². The number of nitrogens with one attached hydrogen (secondary N) is 2. The lowest BCUT2D eigenvalue weighted by molar-refractivity contribution is -0.119. The van der Waals surface area contributed by atoms with Gasteiger partial charge >= 0.3 is 0 Å². The van der Waals surface area contributed by atoms with Gasteiger partial charge in [-0.25, -0.2) is 0 Å². The summed E-state index contributed by atoms with van der Waals surface area (Å²) in [6, 6.07) is 1.40. The van der Waals surface area contributed by atoms with Crippen LogP contribution in [0.1, 0.15) is 32.1 Å². The molecule has 2 unspecified atom stereocenters. The highest BCUT2D eigenvalue weighted by molar-refractivity contribution is 5.79. The van der Waals surface area contributed by atoms with Gasteiger partial charge < -0.3 is 10.6 Å². The van der Waals surface area contributed by atoms with Crippen molar-refractivity contribution in [2.45, 2.75) is 44.2 Å². The van der Waals surface area contributed by atoms with Gasteiger partial charge in [0.15, 0.2) is 0 Å². The molecule has 2 N–H and O–H groups in total. The van der Waals surface area contributed by atoms with E-state index in [1.54, 1.807) is 0 Å². The summed E-state index contributed by atoms with van der Waals surface area (Å²) < 4.78 is 0. The summed E-state index contributed by atoms with van der Waals surface area (Å²) in [5, 5.41) is 6.60. The number of carbonyl (C=O) groups excluding carboxylic acids is 1. The van der Waals surface area contributed by atoms with Crippen molar-refractivity contribution in [2.75, 3.05) is 6.54 Å². The number of hydrogen-bond donors (Lipinski definition) is 2. The molecule has 0 aliphatic carbocycles. The molecule has 0 aromatic carbocycles. The number of fused-ring (bicyclic) bond motifs is 2. The molecule has 1 spiro atoms. The lowest BCUT2D eigenvalue weighted by atomic mass is 9.75. The molecule has 13 heavy (non-hydrogen) atoms. The van der Waals surface area contributed by atoms with E-state index < -0.39 is 0 Å². The molecule has 72 valence electrons. The number of rotatable bonds is 0. The Morgan fingerprint density at radius 2 is 1.92 bits per heavy atom. The van der Waals surface area contributed by atoms with E-state index in [4.69, 9.17) is 0 Å². The maximum absolute atomic E-state index is 11.2. The van der Waals surface area contributed by atoms with Gasteiger partial charge in [0.25, 0.3) is 0 Å². The number of piperidine rings is 1. The SMILES string of the molecule is O=C1CC2(CN1)CC1CCC(C2)N1. The predicted octanol–water partition coefficient (Wildman–Crippen LogP) is 0.407. The van der Waals surface area contributed by atoms with Gasteiger partial charge in [-0.2, -0.15) is 0 Å². The zero-order chi connectivity index (χ0) is 8.89. The van der Waals surface area contributed by atoms with E-state index in [0.717, 1.165) is 13.0 Å². The average molecular weight is 180 g/mol. The van der Waals surface area contributed by atoms with Crippen LogP contribution in [0.5, 0.6) is 0 Å². The normalized spacial score (nSPS) is 48.5. The zero-order valence-corrected chi connectivity index (χ0v) is 7.81. The monoisotopic (exact) mass is 180 g/mol. The van der Waals surface area contributed by atoms with Crippen LogP contribution >= 0.6 is 0 Å². The smallest absolute Gasteiger partial charge is 0.220 e. The highest BCUT2D eigenvalue weighted by Gasteiger charge is 2.47. The molecular formula is C10H16N2O. The minimum atomic E-state index is 0.265. The molecule has 1 amide bonds. The predicted molar refractivity (Wildman–Crippen MR) is 49.2 cm³/mol. The van der Waals surface area contributed by atoms with E-state index in [2.05, 4.69) is 10.6 Å². The van der Waals surface area contributed by atoms with Crippen molar-refractivity contribution in [2.24, 2.45) is 5.41 Å². The van der Waals surface area contributed by atoms with Gasteiger partial charge in [0.2, 0.25) is 5.91 Å². The quantitative estimate of drug-likeness (QED) is 0.567. The Kier molecular flexibility index (Phi) is 1.48. The molecule has 3 saturated heterocycles. The van der Waals surface area contributed by atoms with E-state index in [1.165, 1.54) is 25.7 Å². The van der Waals surface area contributed by atoms with Crippen LogP contribution in [0.15, 0.2) is 0 Å². The van der Waals surface area contributed by atoms with Crippen molar-refractivity contribution in [3.63, 3.8) is 0 Å². The van der Waals surface area contributed by atoms with Crippen LogP contribution in [-0.2, 0) is 4.79 Å². The largest absolute Gasteiger partial charge is 0.356 e. The third-order valence-corrected chi connectivity index (χ3v) is 3.89. The molecule has 3 heterocycles. The molecule has 0 saturated carbocycles. The fourth-order valence-electron chi connectivity index (χ4n) is 3.39. The third kappa shape index (κ3) is 1.17. The number of amides is 1. The molecule has 3 aliphatic rings. The fourth-order valence-corrected chi connectivity index (χ4v) is 3.39. The summed E-state index contributed by atoms with van der Waals surface area (Å²) in [7, 11) is 0. The molecule has 3 nitrogen and oxygen atoms in total. The first kappa shape index (κ1) is 7.80. The third-order valence-electron chi connectivity index (χ3n) is 3.89. The van der Waals surface area contributed by atoms with E-state index >= 15 is 0 Å². The molecule has 0 aromatic rings. The Morgan fingerprint density at radius 1 is 1.23 bits per heavy atom. The first-order valence-corrected chi connectivity index (χ1v) is 5.29. The summed E-state index contributed by atoms with van der Waals surface area (Å²) in [6.45, 7) is 0.931. The van der Waals surface area contributed by atoms with Gasteiger partial charge in [-0.15, -0.1) is 0 Å². The number of carbonyl (C=O) groups is 1. The zero-order valence-electron chi connectivity index (χ0n) is 7.81. The van der Waals surface area contributed by atoms with Crippen LogP contribution in [0.4, 0.5) is 0 Å². The molecule has 3 rings (SSSR count). The van der Waals surface area contributed by atoms with Gasteiger partial charge in [-0.1, -0.05) is 0 Å². The highest BCUT2D eigenvalue weighted by Crippen LogP contribution is 2.44. The second-order valence-electron chi connectivity index (χ2n) is 5.00. The Hall–Kier alpha value is -0.570. The first-order chi connectivity index (χ1) is 6.26. The van der Waals surface area contributed by atoms with E-state index in [1.807, 2.05) is 0 Å². The molecule has 2 atom stereocenters. The van der Waals surface area contributed by atoms with Crippen LogP contribution in [-0.4, -0.2) is 24.5 Å². The van der Waals surface area contributed by atoms with Crippen LogP contribution in [0.3, 0.4) is 0 Å². The Balaban J connectivity index is 1.81. The summed E-state index contributed by atoms with van der Waals surface area (Å²) in [4.78, 5) is 11.2. The average Bonchev–Trinajstić information content (AvgIpc) is 2.58. The van der Waals surface area contributed by atoms with Gasteiger partial charge in [0, 0.05) is 25.0 Å². The van der Waals surface area contributed by atoms with E-state index in [-0.39, 0.29) is 5.91 Å². The van der Waals surface area contributed by atoms with Crippen LogP contribution in [0, 0.1) is 5.41 Å². The lowest BCUT2D eigenvalue weighted by Gasteiger charge is -2.36. The molecule has 3 aliphatic heterocycles. The molecule has 0 radical (unpaired) electrons. The summed E-state index contributed by atoms with van der Waals surface area (Å²) in [5.41, 5.74) is 0.328. The second-order valence-corrected chi connectivity index (χ2v) is 5.00. The maximum Gasteiger partial charge on any atom is 0.220 e. The molecule has 0 aromatic heterocycles. The summed E-state index contributed by atoms with van der Waals surface area (Å²) in [6.07, 6.45) is 5.84. The van der Waals surface area contributed by atoms with Crippen molar-refractivity contribution in [1.29, 1.82) is 0 Å². The Bertz CT molecular complexity index is 239. The van der Waals surface area contributed by atoms with Crippen molar-refractivity contribution in [1.82, 2.24) is 10.6 Å². The number of hydrogen-bond acceptors (Lipinski definition) is 2. The van der Waals surface area contributed by atoms with Crippen molar-refractivity contribution in [3.05, 3.63) is 0 Å². The first-order valence-electron chi connectivity index (χ1n) is 5.29. The van der Waals surface area contributed by atoms with Gasteiger partial charge in [0.1, 0.15) is 0 Å². The van der Waals surface area contributed by atoms with Gasteiger partial charge in [-0.3, -0.25) is 4.79 Å². The molecule has 2 bridgehead atoms. The van der Waals surface area contributed by atoms with Crippen molar-refractivity contribution >= 4 is 5.91 Å². The fraction of sp³-hybridized carbons (Fsp3) is 0.900. The second kappa shape index (κ2) is 2.47. The van der Waals surface area contributed by atoms with Crippen molar-refractivity contribution < 1.29 is 4.79 Å². The maximum atomic E-state index is 11.2. The molecule has 3 heteroatoms. The standard InChI is InChI=1S/C10H16N2O/c13-9-5-10(6-11-9)3-7-1-2-8(4-10)12-7/h7-8,12H,1-6H2,(H,11,13). The topological polar surface area (TPSA) is 41.1 Å². The summed E-state index contributed by atoms with van der Waals surface area (Å²) >= 11 is 0. The minimum Gasteiger partial charge on any atom is -0.356 e. The van der Waals surface area contributed by atoms with Crippen molar-refractivity contribution in [3.8, 4) is 0 Å². The van der Waals surface area contributed by atoms with Gasteiger partial charge in [-0.05, 0) is 31.1 Å². The van der Waals surface area contributed by atoms with Crippen LogP contribution in [0.2, 0.25) is 0 Å². The minimum absolute atomic E-state index is 0.265. The van der Waals surface area contributed by atoms with Gasteiger partial charge in [0.05, 0.1) is 0 Å². The summed E-state index contributed by atoms with van der Waals surface area (Å²) in [5.74, 6) is 0.265. The molecular weight excluding hydrogens is 164 g/mol. The highest BCUT2D eigenvalue weighted by atomic mass is 16.1. The Labute approximate surface area is 78.3 Å².